The van der Waals surface area contributed by atoms with E-state index in [2.05, 4.69) is 22.5 Å². The second kappa shape index (κ2) is 8.93. The topological polar surface area (TPSA) is 85.6 Å². The summed E-state index contributed by atoms with van der Waals surface area (Å²) in [6.07, 6.45) is 4.37. The van der Waals surface area contributed by atoms with Gasteiger partial charge >= 0.3 is 5.97 Å². The molecular formula is C21H21N3O4S. The highest BCUT2D eigenvalue weighted by Crippen LogP contribution is 2.26. The Morgan fingerprint density at radius 3 is 2.83 bits per heavy atom. The van der Waals surface area contributed by atoms with Crippen LogP contribution in [0.25, 0.3) is 10.6 Å². The van der Waals surface area contributed by atoms with Gasteiger partial charge in [0.05, 0.1) is 17.5 Å². The number of rotatable bonds is 9. The third-order valence-corrected chi connectivity index (χ3v) is 5.66. The lowest BCUT2D eigenvalue weighted by Gasteiger charge is -2.18. The van der Waals surface area contributed by atoms with E-state index in [1.54, 1.807) is 18.4 Å². The van der Waals surface area contributed by atoms with Crippen molar-refractivity contribution in [2.24, 2.45) is 0 Å². The van der Waals surface area contributed by atoms with Crippen LogP contribution in [0.15, 0.2) is 66.7 Å². The van der Waals surface area contributed by atoms with Crippen molar-refractivity contribution >= 4 is 17.3 Å². The van der Waals surface area contributed by atoms with E-state index in [1.807, 2.05) is 35.1 Å². The van der Waals surface area contributed by atoms with Gasteiger partial charge in [-0.05, 0) is 30.2 Å². The van der Waals surface area contributed by atoms with Crippen LogP contribution in [0.3, 0.4) is 0 Å². The Kier molecular flexibility index (Phi) is 5.92. The van der Waals surface area contributed by atoms with E-state index in [-0.39, 0.29) is 12.8 Å². The summed E-state index contributed by atoms with van der Waals surface area (Å²) in [6, 6.07) is 15.6. The van der Waals surface area contributed by atoms with Gasteiger partial charge in [0.15, 0.2) is 5.76 Å². The summed E-state index contributed by atoms with van der Waals surface area (Å²) in [5.41, 5.74) is 1.99. The Morgan fingerprint density at radius 1 is 1.24 bits per heavy atom. The van der Waals surface area contributed by atoms with Crippen molar-refractivity contribution in [3.63, 3.8) is 0 Å². The molecule has 2 N–H and O–H groups in total. The lowest BCUT2D eigenvalue weighted by Crippen LogP contribution is -2.35. The first-order chi connectivity index (χ1) is 14.2. The van der Waals surface area contributed by atoms with Crippen LogP contribution < -0.4 is 5.32 Å². The molecule has 1 atom stereocenters. The Morgan fingerprint density at radius 2 is 2.10 bits per heavy atom. The Labute approximate surface area is 172 Å². The average molecular weight is 411 g/mol. The number of aromatic carboxylic acids is 1. The van der Waals surface area contributed by atoms with Crippen molar-refractivity contribution < 1.29 is 19.4 Å². The second-order valence-electron chi connectivity index (χ2n) is 6.58. The number of hydrogen-bond acceptors (Lipinski definition) is 6. The molecule has 0 bridgehead atoms. The minimum absolute atomic E-state index is 0.0188. The number of aromatic nitrogens is 2. The molecule has 1 aromatic carbocycles. The van der Waals surface area contributed by atoms with E-state index in [4.69, 9.17) is 14.6 Å². The number of carboxylic acids is 1. The quantitative estimate of drug-likeness (QED) is 0.562. The van der Waals surface area contributed by atoms with Gasteiger partial charge in [-0.15, -0.1) is 11.3 Å². The molecule has 0 aliphatic carbocycles. The molecule has 8 heteroatoms. The summed E-state index contributed by atoms with van der Waals surface area (Å²) in [6.45, 7) is 1.63. The van der Waals surface area contributed by atoms with Gasteiger partial charge in [0.2, 0.25) is 6.79 Å². The molecule has 0 saturated carbocycles. The van der Waals surface area contributed by atoms with Gasteiger partial charge in [0.25, 0.3) is 0 Å². The smallest absolute Gasteiger partial charge is 0.345 e. The predicted molar refractivity (Wildman–Crippen MR) is 110 cm³/mol. The zero-order valence-electron chi connectivity index (χ0n) is 15.7. The fourth-order valence-electron chi connectivity index (χ4n) is 3.12. The van der Waals surface area contributed by atoms with Crippen molar-refractivity contribution in [2.45, 2.75) is 19.0 Å². The molecule has 1 aliphatic heterocycles. The molecule has 0 fully saturated rings. The summed E-state index contributed by atoms with van der Waals surface area (Å²) in [4.78, 5) is 12.2. The standard InChI is InChI=1S/C21H21N3O4S/c25-21(26)20-7-6-19(29-20)16-8-10-24(23-16)11-9-22-17(18-13-27-14-28-18)12-15-4-2-1-3-5-15/h1-8,10,13,17,22H,9,11-12,14H2,(H,25,26). The Bertz CT molecular complexity index is 996. The number of carboxylic acid groups (broad SMARTS) is 1. The number of nitrogens with one attached hydrogen (secondary N) is 1. The van der Waals surface area contributed by atoms with Gasteiger partial charge in [-0.25, -0.2) is 4.79 Å². The van der Waals surface area contributed by atoms with Crippen molar-refractivity contribution in [3.8, 4) is 10.6 Å². The highest BCUT2D eigenvalue weighted by Gasteiger charge is 2.20. The van der Waals surface area contributed by atoms with E-state index in [0.717, 1.165) is 22.8 Å². The van der Waals surface area contributed by atoms with Crippen LogP contribution in [0, 0.1) is 0 Å². The minimum Gasteiger partial charge on any atom is -0.477 e. The molecule has 0 radical (unpaired) electrons. The number of benzene rings is 1. The molecule has 0 amide bonds. The normalized spacial score (nSPS) is 14.1. The van der Waals surface area contributed by atoms with Crippen LogP contribution in [0.2, 0.25) is 0 Å². The van der Waals surface area contributed by atoms with Crippen LogP contribution in [-0.2, 0) is 22.4 Å². The fourth-order valence-corrected chi connectivity index (χ4v) is 3.93. The van der Waals surface area contributed by atoms with Gasteiger partial charge < -0.3 is 19.9 Å². The van der Waals surface area contributed by atoms with E-state index >= 15 is 0 Å². The van der Waals surface area contributed by atoms with Gasteiger partial charge in [-0.1, -0.05) is 30.3 Å². The van der Waals surface area contributed by atoms with Crippen molar-refractivity contribution in [1.29, 1.82) is 0 Å². The van der Waals surface area contributed by atoms with Crippen molar-refractivity contribution in [2.75, 3.05) is 13.3 Å². The molecule has 4 rings (SSSR count). The van der Waals surface area contributed by atoms with Crippen LogP contribution >= 0.6 is 11.3 Å². The first kappa shape index (κ1) is 19.2. The average Bonchev–Trinajstić information content (AvgIpc) is 3.48. The third kappa shape index (κ3) is 4.85. The van der Waals surface area contributed by atoms with E-state index in [1.165, 1.54) is 16.9 Å². The summed E-state index contributed by atoms with van der Waals surface area (Å²) in [5.74, 6) is -0.114. The van der Waals surface area contributed by atoms with E-state index < -0.39 is 5.97 Å². The number of thiophene rings is 1. The predicted octanol–water partition coefficient (Wildman–Crippen LogP) is 3.36. The SMILES string of the molecule is O=C(O)c1ccc(-c2ccn(CCNC(Cc3ccccc3)C3=COCO3)n2)s1. The van der Waals surface area contributed by atoms with Gasteiger partial charge in [-0.3, -0.25) is 4.68 Å². The summed E-state index contributed by atoms with van der Waals surface area (Å²) in [5, 5.41) is 17.1. The summed E-state index contributed by atoms with van der Waals surface area (Å²) < 4.78 is 12.7. The first-order valence-corrected chi connectivity index (χ1v) is 10.1. The molecule has 29 heavy (non-hydrogen) atoms. The van der Waals surface area contributed by atoms with E-state index in [9.17, 15) is 4.79 Å². The maximum Gasteiger partial charge on any atom is 0.345 e. The van der Waals surface area contributed by atoms with E-state index in [0.29, 0.717) is 18.0 Å². The van der Waals surface area contributed by atoms with Crippen LogP contribution in [0.4, 0.5) is 0 Å². The molecule has 2 aromatic heterocycles. The lowest BCUT2D eigenvalue weighted by atomic mass is 10.0. The number of hydrogen-bond donors (Lipinski definition) is 2. The van der Waals surface area contributed by atoms with Crippen LogP contribution in [0.1, 0.15) is 15.2 Å². The molecule has 150 valence electrons. The van der Waals surface area contributed by atoms with Gasteiger partial charge in [-0.2, -0.15) is 5.10 Å². The maximum atomic E-state index is 11.0. The highest BCUT2D eigenvalue weighted by molar-refractivity contribution is 7.17. The minimum atomic E-state index is -0.915. The van der Waals surface area contributed by atoms with Crippen LogP contribution in [0.5, 0.6) is 0 Å². The molecule has 1 aliphatic rings. The monoisotopic (exact) mass is 411 g/mol. The third-order valence-electron chi connectivity index (χ3n) is 4.56. The van der Waals surface area contributed by atoms with Gasteiger partial charge in [0, 0.05) is 12.7 Å². The largest absolute Gasteiger partial charge is 0.477 e. The Balaban J connectivity index is 1.36. The highest BCUT2D eigenvalue weighted by atomic mass is 32.1. The van der Waals surface area contributed by atoms with Gasteiger partial charge in [0.1, 0.15) is 16.8 Å². The number of ether oxygens (including phenoxy) is 2. The lowest BCUT2D eigenvalue weighted by molar-refractivity contribution is 0.0701. The van der Waals surface area contributed by atoms with Crippen molar-refractivity contribution in [3.05, 3.63) is 77.2 Å². The molecule has 7 nitrogen and oxygen atoms in total. The fraction of sp³-hybridized carbons (Fsp3) is 0.238. The summed E-state index contributed by atoms with van der Waals surface area (Å²) in [7, 11) is 0. The molecule has 0 spiro atoms. The molecule has 1 unspecified atom stereocenters. The number of nitrogens with zero attached hydrogens (tertiary/aromatic N) is 2. The molecule has 3 heterocycles. The zero-order valence-corrected chi connectivity index (χ0v) is 16.5. The molecule has 3 aromatic rings. The van der Waals surface area contributed by atoms with Crippen molar-refractivity contribution in [1.82, 2.24) is 15.1 Å². The van der Waals surface area contributed by atoms with Crippen LogP contribution in [-0.4, -0.2) is 40.2 Å². The second-order valence-corrected chi connectivity index (χ2v) is 7.66. The summed E-state index contributed by atoms with van der Waals surface area (Å²) >= 11 is 1.23. The molecule has 0 saturated heterocycles. The first-order valence-electron chi connectivity index (χ1n) is 9.28. The maximum absolute atomic E-state index is 11.0. The molecular weight excluding hydrogens is 390 g/mol. The number of carbonyl (C=O) groups is 1. The Hall–Kier alpha value is -3.10. The zero-order chi connectivity index (χ0) is 20.1.